The first-order valence-corrected chi connectivity index (χ1v) is 9.51. The van der Waals surface area contributed by atoms with Gasteiger partial charge < -0.3 is 20.7 Å². The number of hydrogen-bond acceptors (Lipinski definition) is 4. The summed E-state index contributed by atoms with van der Waals surface area (Å²) in [6, 6.07) is 5.29. The summed E-state index contributed by atoms with van der Waals surface area (Å²) in [7, 11) is 0. The number of benzene rings is 1. The Kier molecular flexibility index (Phi) is 7.91. The van der Waals surface area contributed by atoms with Crippen LogP contribution in [0, 0.1) is 5.92 Å². The zero-order valence-corrected chi connectivity index (χ0v) is 16.2. The van der Waals surface area contributed by atoms with E-state index in [0.29, 0.717) is 23.0 Å². The van der Waals surface area contributed by atoms with E-state index in [9.17, 15) is 14.4 Å². The van der Waals surface area contributed by atoms with Gasteiger partial charge in [0.2, 0.25) is 0 Å². The molecule has 8 heteroatoms. The van der Waals surface area contributed by atoms with Crippen molar-refractivity contribution >= 4 is 29.5 Å². The molecular formula is C19H26ClN3O4. The first kappa shape index (κ1) is 21.0. The summed E-state index contributed by atoms with van der Waals surface area (Å²) in [6.45, 7) is 3.09. The standard InChI is InChI=1S/C19H26ClN3O4/c1-2-9-23(11-13-3-4-13)17(24)12-27-18(25)10-16(22-19(21)26)14-5-7-15(20)8-6-14/h5-8,13,16H,2-4,9-12H2,1H3,(H3,21,22,26). The van der Waals surface area contributed by atoms with Gasteiger partial charge in [-0.2, -0.15) is 0 Å². The smallest absolute Gasteiger partial charge is 0.312 e. The van der Waals surface area contributed by atoms with Crippen LogP contribution in [-0.2, 0) is 14.3 Å². The fourth-order valence-electron chi connectivity index (χ4n) is 2.78. The molecule has 1 aromatic carbocycles. The molecule has 0 bridgehead atoms. The Morgan fingerprint density at radius 2 is 1.96 bits per heavy atom. The molecule has 7 nitrogen and oxygen atoms in total. The van der Waals surface area contributed by atoms with Crippen LogP contribution in [0.4, 0.5) is 4.79 Å². The fraction of sp³-hybridized carbons (Fsp3) is 0.526. The third kappa shape index (κ3) is 7.46. The zero-order valence-electron chi connectivity index (χ0n) is 15.4. The van der Waals surface area contributed by atoms with Crippen LogP contribution in [0.25, 0.3) is 0 Å². The van der Waals surface area contributed by atoms with Crippen LogP contribution in [0.3, 0.4) is 0 Å². The molecule has 3 N–H and O–H groups in total. The van der Waals surface area contributed by atoms with E-state index in [4.69, 9.17) is 22.1 Å². The van der Waals surface area contributed by atoms with Crippen LogP contribution in [0.5, 0.6) is 0 Å². The molecule has 1 unspecified atom stereocenters. The molecule has 1 fully saturated rings. The van der Waals surface area contributed by atoms with Gasteiger partial charge in [0.05, 0.1) is 12.5 Å². The first-order chi connectivity index (χ1) is 12.9. The average Bonchev–Trinajstić information content (AvgIpc) is 3.43. The average molecular weight is 396 g/mol. The number of urea groups is 1. The lowest BCUT2D eigenvalue weighted by molar-refractivity contribution is -0.152. The van der Waals surface area contributed by atoms with Crippen LogP contribution < -0.4 is 11.1 Å². The van der Waals surface area contributed by atoms with Crippen LogP contribution >= 0.6 is 11.6 Å². The number of halogens is 1. The van der Waals surface area contributed by atoms with E-state index in [1.54, 1.807) is 29.2 Å². The van der Waals surface area contributed by atoms with Gasteiger partial charge in [0, 0.05) is 18.1 Å². The highest BCUT2D eigenvalue weighted by molar-refractivity contribution is 6.30. The number of esters is 1. The van der Waals surface area contributed by atoms with Gasteiger partial charge in [-0.3, -0.25) is 9.59 Å². The maximum atomic E-state index is 12.3. The Morgan fingerprint density at radius 1 is 1.30 bits per heavy atom. The maximum absolute atomic E-state index is 12.3. The van der Waals surface area contributed by atoms with Crippen molar-refractivity contribution in [1.29, 1.82) is 0 Å². The number of nitrogens with two attached hydrogens (primary N) is 1. The number of primary amides is 1. The lowest BCUT2D eigenvalue weighted by atomic mass is 10.0. The lowest BCUT2D eigenvalue weighted by Crippen LogP contribution is -2.37. The summed E-state index contributed by atoms with van der Waals surface area (Å²) < 4.78 is 5.14. The molecule has 1 atom stereocenters. The zero-order chi connectivity index (χ0) is 19.8. The van der Waals surface area contributed by atoms with E-state index in [0.717, 1.165) is 25.8 Å². The van der Waals surface area contributed by atoms with Gasteiger partial charge in [-0.05, 0) is 42.9 Å². The summed E-state index contributed by atoms with van der Waals surface area (Å²) >= 11 is 5.86. The van der Waals surface area contributed by atoms with Crippen LogP contribution in [0.15, 0.2) is 24.3 Å². The van der Waals surface area contributed by atoms with Gasteiger partial charge in [0.25, 0.3) is 5.91 Å². The number of carbonyl (C=O) groups excluding carboxylic acids is 3. The quantitative estimate of drug-likeness (QED) is 0.594. The van der Waals surface area contributed by atoms with Crippen LogP contribution in [0.2, 0.25) is 5.02 Å². The number of hydrogen-bond donors (Lipinski definition) is 2. The number of ether oxygens (including phenoxy) is 1. The molecule has 0 aromatic heterocycles. The molecule has 2 rings (SSSR count). The molecular weight excluding hydrogens is 370 g/mol. The highest BCUT2D eigenvalue weighted by Crippen LogP contribution is 2.29. The number of amides is 3. The van der Waals surface area contributed by atoms with Crippen LogP contribution in [0.1, 0.15) is 44.2 Å². The summed E-state index contributed by atoms with van der Waals surface area (Å²) in [6.07, 6.45) is 3.02. The predicted molar refractivity (Wildman–Crippen MR) is 102 cm³/mol. The monoisotopic (exact) mass is 395 g/mol. The number of nitrogens with one attached hydrogen (secondary N) is 1. The van der Waals surface area contributed by atoms with E-state index in [-0.39, 0.29) is 18.9 Å². The minimum Gasteiger partial charge on any atom is -0.455 e. The van der Waals surface area contributed by atoms with Gasteiger partial charge in [0.15, 0.2) is 6.61 Å². The second-order valence-corrected chi connectivity index (χ2v) is 7.20. The van der Waals surface area contributed by atoms with E-state index in [2.05, 4.69) is 5.32 Å². The summed E-state index contributed by atoms with van der Waals surface area (Å²) in [4.78, 5) is 37.5. The second kappa shape index (κ2) is 10.2. The lowest BCUT2D eigenvalue weighted by Gasteiger charge is -2.22. The molecule has 1 aliphatic rings. The molecule has 0 aliphatic heterocycles. The molecule has 0 saturated heterocycles. The molecule has 0 spiro atoms. The van der Waals surface area contributed by atoms with Gasteiger partial charge in [-0.15, -0.1) is 0 Å². The van der Waals surface area contributed by atoms with Crippen molar-refractivity contribution in [3.05, 3.63) is 34.9 Å². The Bertz CT molecular complexity index is 661. The first-order valence-electron chi connectivity index (χ1n) is 9.13. The van der Waals surface area contributed by atoms with Crippen LogP contribution in [-0.4, -0.2) is 42.5 Å². The highest BCUT2D eigenvalue weighted by Gasteiger charge is 2.27. The van der Waals surface area contributed by atoms with E-state index in [1.807, 2.05) is 6.92 Å². The number of nitrogens with zero attached hydrogens (tertiary/aromatic N) is 1. The number of carbonyl (C=O) groups is 3. The molecule has 27 heavy (non-hydrogen) atoms. The molecule has 148 valence electrons. The van der Waals surface area contributed by atoms with E-state index < -0.39 is 18.0 Å². The Morgan fingerprint density at radius 3 is 2.52 bits per heavy atom. The topological polar surface area (TPSA) is 102 Å². The van der Waals surface area contributed by atoms with Gasteiger partial charge in [-0.1, -0.05) is 30.7 Å². The molecule has 3 amide bonds. The normalized spacial score (nSPS) is 14.3. The van der Waals surface area contributed by atoms with E-state index in [1.165, 1.54) is 0 Å². The van der Waals surface area contributed by atoms with Crippen molar-refractivity contribution in [1.82, 2.24) is 10.2 Å². The van der Waals surface area contributed by atoms with Gasteiger partial charge >= 0.3 is 12.0 Å². The number of rotatable bonds is 10. The van der Waals surface area contributed by atoms with Gasteiger partial charge in [-0.25, -0.2) is 4.79 Å². The van der Waals surface area contributed by atoms with Crippen molar-refractivity contribution in [2.45, 2.75) is 38.6 Å². The fourth-order valence-corrected chi connectivity index (χ4v) is 2.90. The van der Waals surface area contributed by atoms with Crippen molar-refractivity contribution in [3.63, 3.8) is 0 Å². The van der Waals surface area contributed by atoms with Crippen molar-refractivity contribution in [2.75, 3.05) is 19.7 Å². The predicted octanol–water partition coefficient (Wildman–Crippen LogP) is 2.63. The highest BCUT2D eigenvalue weighted by atomic mass is 35.5. The van der Waals surface area contributed by atoms with Crippen molar-refractivity contribution in [3.8, 4) is 0 Å². The molecule has 1 saturated carbocycles. The molecule has 1 aliphatic carbocycles. The Balaban J connectivity index is 1.89. The minimum absolute atomic E-state index is 0.131. The molecule has 0 radical (unpaired) electrons. The third-order valence-corrected chi connectivity index (χ3v) is 4.59. The maximum Gasteiger partial charge on any atom is 0.312 e. The minimum atomic E-state index is -0.752. The van der Waals surface area contributed by atoms with Gasteiger partial charge in [0.1, 0.15) is 0 Å². The summed E-state index contributed by atoms with van der Waals surface area (Å²) in [5.41, 5.74) is 5.86. The summed E-state index contributed by atoms with van der Waals surface area (Å²) in [5.74, 6) is -0.201. The Labute approximate surface area is 164 Å². The summed E-state index contributed by atoms with van der Waals surface area (Å²) in [5, 5.41) is 3.05. The van der Waals surface area contributed by atoms with E-state index >= 15 is 0 Å². The Hall–Kier alpha value is -2.28. The molecule has 1 aromatic rings. The third-order valence-electron chi connectivity index (χ3n) is 4.34. The SMILES string of the molecule is CCCN(CC1CC1)C(=O)COC(=O)CC(NC(N)=O)c1ccc(Cl)cc1. The second-order valence-electron chi connectivity index (χ2n) is 6.76. The largest absolute Gasteiger partial charge is 0.455 e. The van der Waals surface area contributed by atoms with Crippen molar-refractivity contribution < 1.29 is 19.1 Å². The van der Waals surface area contributed by atoms with Crippen molar-refractivity contribution in [2.24, 2.45) is 11.7 Å². The molecule has 0 heterocycles.